The van der Waals surface area contributed by atoms with Gasteiger partial charge in [-0.3, -0.25) is 14.4 Å². The van der Waals surface area contributed by atoms with Gasteiger partial charge >= 0.3 is 12.1 Å². The van der Waals surface area contributed by atoms with E-state index in [1.165, 1.54) is 0 Å². The lowest BCUT2D eigenvalue weighted by molar-refractivity contribution is -0.139. The van der Waals surface area contributed by atoms with Gasteiger partial charge in [0.25, 0.3) is 5.91 Å². The summed E-state index contributed by atoms with van der Waals surface area (Å²) in [5, 5.41) is 12.2. The number of carbonyl (C=O) groups excluding carboxylic acids is 3. The van der Waals surface area contributed by atoms with Crippen LogP contribution < -0.4 is 10.2 Å². The highest BCUT2D eigenvalue weighted by Gasteiger charge is 2.60. The maximum atomic E-state index is 13.3. The van der Waals surface area contributed by atoms with Gasteiger partial charge in [0, 0.05) is 50.9 Å². The fraction of sp³-hybridized carbons (Fsp3) is 0.517. The molecule has 3 heterocycles. The van der Waals surface area contributed by atoms with E-state index < -0.39 is 17.9 Å². The molecule has 2 N–H and O–H groups in total. The van der Waals surface area contributed by atoms with Gasteiger partial charge in [-0.25, -0.2) is 14.8 Å². The average molecular weight is 565 g/mol. The zero-order valence-electron chi connectivity index (χ0n) is 23.4. The standard InChI is InChI=1S/C29H36N6O6/c1-3-4-14-41-29(40)34-12-10-33(11-13-34)27(37)18(2)30-26(36)22-15-23(32-25(31-22)19-8-6-5-7-9-19)35-16-20-21(17-35)24(20)28(38)39/h5-9,15,18,20-21,24H,3-4,10-14,16-17H2,1-2H3,(H,30,36)(H,38,39)/t18-,20?,21?,24?/m0/s1. The van der Waals surface area contributed by atoms with Gasteiger partial charge in [-0.2, -0.15) is 0 Å². The summed E-state index contributed by atoms with van der Waals surface area (Å²) in [5.41, 5.74) is 0.870. The van der Waals surface area contributed by atoms with E-state index in [4.69, 9.17) is 9.72 Å². The van der Waals surface area contributed by atoms with Crippen molar-refractivity contribution in [2.24, 2.45) is 17.8 Å². The predicted molar refractivity (Wildman–Crippen MR) is 149 cm³/mol. The molecule has 1 aromatic heterocycles. The summed E-state index contributed by atoms with van der Waals surface area (Å²) in [5.74, 6) is -0.727. The Morgan fingerprint density at radius 2 is 1.68 bits per heavy atom. The topological polar surface area (TPSA) is 145 Å². The number of amides is 3. The van der Waals surface area contributed by atoms with Crippen molar-refractivity contribution in [2.75, 3.05) is 50.8 Å². The van der Waals surface area contributed by atoms with Crippen LogP contribution in [0.25, 0.3) is 11.4 Å². The van der Waals surface area contributed by atoms with Crippen LogP contribution in [0.15, 0.2) is 36.4 Å². The molecular formula is C29H36N6O6. The van der Waals surface area contributed by atoms with Crippen LogP contribution in [0.3, 0.4) is 0 Å². The van der Waals surface area contributed by atoms with Crippen LogP contribution in [0.2, 0.25) is 0 Å². The number of fused-ring (bicyclic) bond motifs is 1. The Labute approximate surface area is 238 Å². The second kappa shape index (κ2) is 12.1. The lowest BCUT2D eigenvalue weighted by Gasteiger charge is -2.35. The number of nitrogens with zero attached hydrogens (tertiary/aromatic N) is 5. The zero-order chi connectivity index (χ0) is 29.1. The Bertz CT molecular complexity index is 1290. The molecule has 0 radical (unpaired) electrons. The summed E-state index contributed by atoms with van der Waals surface area (Å²) < 4.78 is 5.26. The van der Waals surface area contributed by atoms with Gasteiger partial charge in [-0.15, -0.1) is 0 Å². The number of carboxylic acid groups (broad SMARTS) is 1. The molecule has 3 fully saturated rings. The molecule has 41 heavy (non-hydrogen) atoms. The number of anilines is 1. The van der Waals surface area contributed by atoms with Crippen molar-refractivity contribution in [1.82, 2.24) is 25.1 Å². The number of piperidine rings is 1. The van der Waals surface area contributed by atoms with Crippen molar-refractivity contribution < 1.29 is 29.0 Å². The SMILES string of the molecule is CCCCOC(=O)N1CCN(C(=O)[C@H](C)NC(=O)c2cc(N3CC4C(C3)C4C(=O)O)nc(-c3ccccc3)n2)CC1. The number of carbonyl (C=O) groups is 4. The summed E-state index contributed by atoms with van der Waals surface area (Å²) in [4.78, 5) is 64.5. The molecule has 2 saturated heterocycles. The number of hydrogen-bond acceptors (Lipinski definition) is 8. The largest absolute Gasteiger partial charge is 0.481 e. The van der Waals surface area contributed by atoms with Gasteiger partial charge in [-0.1, -0.05) is 43.7 Å². The minimum absolute atomic E-state index is 0.0798. The summed E-state index contributed by atoms with van der Waals surface area (Å²) in [7, 11) is 0. The molecule has 2 aromatic rings. The summed E-state index contributed by atoms with van der Waals surface area (Å²) >= 11 is 0. The molecule has 0 bridgehead atoms. The van der Waals surface area contributed by atoms with Gasteiger partial charge < -0.3 is 29.9 Å². The summed E-state index contributed by atoms with van der Waals surface area (Å²) in [6, 6.07) is 10.1. The van der Waals surface area contributed by atoms with Crippen molar-refractivity contribution >= 4 is 29.7 Å². The second-order valence-corrected chi connectivity index (χ2v) is 10.9. The smallest absolute Gasteiger partial charge is 0.409 e. The van der Waals surface area contributed by atoms with Crippen LogP contribution in [0, 0.1) is 17.8 Å². The van der Waals surface area contributed by atoms with Crippen molar-refractivity contribution in [3.05, 3.63) is 42.1 Å². The Morgan fingerprint density at radius 3 is 2.32 bits per heavy atom. The number of benzene rings is 1. The van der Waals surface area contributed by atoms with E-state index in [0.29, 0.717) is 57.5 Å². The fourth-order valence-corrected chi connectivity index (χ4v) is 5.62. The van der Waals surface area contributed by atoms with Gasteiger partial charge in [0.15, 0.2) is 5.82 Å². The van der Waals surface area contributed by atoms with E-state index in [9.17, 15) is 24.3 Å². The molecule has 3 aliphatic rings. The number of unbranched alkanes of at least 4 members (excludes halogenated alkanes) is 1. The van der Waals surface area contributed by atoms with E-state index in [2.05, 4.69) is 10.3 Å². The lowest BCUT2D eigenvalue weighted by atomic mass is 10.2. The van der Waals surface area contributed by atoms with Crippen molar-refractivity contribution in [2.45, 2.75) is 32.7 Å². The van der Waals surface area contributed by atoms with Gasteiger partial charge in [0.05, 0.1) is 12.5 Å². The molecule has 1 aliphatic carbocycles. The van der Waals surface area contributed by atoms with Crippen LogP contribution in [0.1, 0.15) is 37.2 Å². The minimum Gasteiger partial charge on any atom is -0.481 e. The number of aliphatic carboxylic acids is 1. The molecule has 5 rings (SSSR count). The molecule has 12 nitrogen and oxygen atoms in total. The third-order valence-electron chi connectivity index (χ3n) is 8.07. The van der Waals surface area contributed by atoms with Crippen molar-refractivity contribution in [3.8, 4) is 11.4 Å². The molecule has 12 heteroatoms. The highest BCUT2D eigenvalue weighted by Crippen LogP contribution is 2.52. The van der Waals surface area contributed by atoms with E-state index in [-0.39, 0.29) is 35.4 Å². The summed E-state index contributed by atoms with van der Waals surface area (Å²) in [6.45, 7) is 6.60. The molecule has 2 aliphatic heterocycles. The third kappa shape index (κ3) is 6.26. The quantitative estimate of drug-likeness (QED) is 0.437. The number of carboxylic acids is 1. The molecule has 1 saturated carbocycles. The molecule has 3 amide bonds. The van der Waals surface area contributed by atoms with Crippen LogP contribution in [-0.4, -0.2) is 101 Å². The Hall–Kier alpha value is -4.22. The maximum absolute atomic E-state index is 13.3. The highest BCUT2D eigenvalue weighted by atomic mass is 16.6. The number of piperazine rings is 1. The van der Waals surface area contributed by atoms with Gasteiger partial charge in [0.1, 0.15) is 17.6 Å². The normalized spacial score (nSPS) is 22.1. The second-order valence-electron chi connectivity index (χ2n) is 10.9. The molecule has 218 valence electrons. The van der Waals surface area contributed by atoms with Gasteiger partial charge in [-0.05, 0) is 25.2 Å². The third-order valence-corrected chi connectivity index (χ3v) is 8.07. The first-order chi connectivity index (χ1) is 19.8. The number of aromatic nitrogens is 2. The highest BCUT2D eigenvalue weighted by molar-refractivity contribution is 5.97. The number of rotatable bonds is 9. The molecule has 0 spiro atoms. The number of hydrogen-bond donors (Lipinski definition) is 2. The Balaban J connectivity index is 1.23. The Kier molecular flexibility index (Phi) is 8.36. The molecule has 1 aromatic carbocycles. The molecule has 2 unspecified atom stereocenters. The molecule has 3 atom stereocenters. The zero-order valence-corrected chi connectivity index (χ0v) is 23.4. The van der Waals surface area contributed by atoms with Crippen molar-refractivity contribution in [1.29, 1.82) is 0 Å². The minimum atomic E-state index is -0.806. The van der Waals surface area contributed by atoms with Crippen LogP contribution >= 0.6 is 0 Å². The van der Waals surface area contributed by atoms with E-state index in [1.807, 2.05) is 42.2 Å². The van der Waals surface area contributed by atoms with E-state index in [0.717, 1.165) is 18.4 Å². The first kappa shape index (κ1) is 28.3. The van der Waals surface area contributed by atoms with Gasteiger partial charge in [0.2, 0.25) is 5.91 Å². The van der Waals surface area contributed by atoms with Crippen molar-refractivity contribution in [3.63, 3.8) is 0 Å². The first-order valence-electron chi connectivity index (χ1n) is 14.2. The fourth-order valence-electron chi connectivity index (χ4n) is 5.62. The number of nitrogens with one attached hydrogen (secondary N) is 1. The first-order valence-corrected chi connectivity index (χ1v) is 14.2. The Morgan fingerprint density at radius 1 is 1.02 bits per heavy atom. The number of ether oxygens (including phenoxy) is 1. The van der Waals surface area contributed by atoms with E-state index >= 15 is 0 Å². The maximum Gasteiger partial charge on any atom is 0.409 e. The summed E-state index contributed by atoms with van der Waals surface area (Å²) in [6.07, 6.45) is 1.39. The molecular weight excluding hydrogens is 528 g/mol. The monoisotopic (exact) mass is 564 g/mol. The van der Waals surface area contributed by atoms with Crippen LogP contribution in [-0.2, 0) is 14.3 Å². The average Bonchev–Trinajstić information content (AvgIpc) is 3.51. The van der Waals surface area contributed by atoms with Crippen LogP contribution in [0.5, 0.6) is 0 Å². The van der Waals surface area contributed by atoms with E-state index in [1.54, 1.807) is 22.8 Å². The predicted octanol–water partition coefficient (Wildman–Crippen LogP) is 2.11. The lowest BCUT2D eigenvalue weighted by Crippen LogP contribution is -2.55. The van der Waals surface area contributed by atoms with Crippen LogP contribution in [0.4, 0.5) is 10.6 Å².